The summed E-state index contributed by atoms with van der Waals surface area (Å²) in [4.78, 5) is 12.1. The van der Waals surface area contributed by atoms with Gasteiger partial charge in [-0.3, -0.25) is 0 Å². The molecule has 6 heteroatoms. The van der Waals surface area contributed by atoms with Gasteiger partial charge in [-0.1, -0.05) is 39.1 Å². The molecule has 2 rings (SSSR count). The van der Waals surface area contributed by atoms with Gasteiger partial charge in [0.25, 0.3) is 0 Å². The highest BCUT2D eigenvalue weighted by Gasteiger charge is 2.24. The van der Waals surface area contributed by atoms with Crippen LogP contribution in [0, 0.1) is 0 Å². The van der Waals surface area contributed by atoms with Crippen molar-refractivity contribution in [3.05, 3.63) is 62.5 Å². The van der Waals surface area contributed by atoms with Crippen molar-refractivity contribution in [2.75, 3.05) is 12.4 Å². The number of rotatable bonds is 4. The summed E-state index contributed by atoms with van der Waals surface area (Å²) in [5.74, 6) is -0.426. The lowest BCUT2D eigenvalue weighted by atomic mass is 10.1. The molecular weight excluding hydrogens is 377 g/mol. The second-order valence-corrected chi connectivity index (χ2v) is 6.03. The zero-order valence-corrected chi connectivity index (χ0v) is 14.2. The van der Waals surface area contributed by atoms with E-state index in [4.69, 9.17) is 27.9 Å². The summed E-state index contributed by atoms with van der Waals surface area (Å²) in [5.41, 5.74) is 1.37. The molecule has 1 unspecified atom stereocenters. The standard InChI is InChI=1S/C15H12BrCl2NO2/c1-21-15(20)14(12-8-9(16)2-7-13(12)18)19-11-5-3-10(17)4-6-11/h2-8,14,19H,1H3. The third-order valence-corrected chi connectivity index (χ3v) is 3.95. The van der Waals surface area contributed by atoms with E-state index >= 15 is 0 Å². The Balaban J connectivity index is 2.36. The summed E-state index contributed by atoms with van der Waals surface area (Å²) in [6.45, 7) is 0. The van der Waals surface area contributed by atoms with Crippen LogP contribution in [0.1, 0.15) is 11.6 Å². The van der Waals surface area contributed by atoms with Gasteiger partial charge in [-0.15, -0.1) is 0 Å². The van der Waals surface area contributed by atoms with Gasteiger partial charge in [0.1, 0.15) is 0 Å². The van der Waals surface area contributed by atoms with Crippen molar-refractivity contribution < 1.29 is 9.53 Å². The highest BCUT2D eigenvalue weighted by atomic mass is 79.9. The fourth-order valence-electron chi connectivity index (χ4n) is 1.83. The van der Waals surface area contributed by atoms with Gasteiger partial charge >= 0.3 is 5.97 Å². The quantitative estimate of drug-likeness (QED) is 0.742. The number of halogens is 3. The van der Waals surface area contributed by atoms with Crippen molar-refractivity contribution in [1.82, 2.24) is 0 Å². The number of benzene rings is 2. The molecular formula is C15H12BrCl2NO2. The molecule has 0 amide bonds. The van der Waals surface area contributed by atoms with Gasteiger partial charge in [0, 0.05) is 25.8 Å². The minimum absolute atomic E-state index is 0.426. The lowest BCUT2D eigenvalue weighted by molar-refractivity contribution is -0.141. The van der Waals surface area contributed by atoms with E-state index in [1.54, 1.807) is 36.4 Å². The molecule has 2 aromatic rings. The second kappa shape index (κ2) is 7.16. The van der Waals surface area contributed by atoms with Crippen molar-refractivity contribution in [3.8, 4) is 0 Å². The van der Waals surface area contributed by atoms with Crippen LogP contribution in [0.25, 0.3) is 0 Å². The Labute approximate surface area is 141 Å². The topological polar surface area (TPSA) is 38.3 Å². The van der Waals surface area contributed by atoms with Gasteiger partial charge in [-0.05, 0) is 42.5 Å². The Morgan fingerprint density at radius 2 is 1.86 bits per heavy atom. The average molecular weight is 389 g/mol. The minimum atomic E-state index is -0.707. The maximum absolute atomic E-state index is 12.1. The molecule has 0 fully saturated rings. The van der Waals surface area contributed by atoms with Crippen molar-refractivity contribution in [2.24, 2.45) is 0 Å². The fraction of sp³-hybridized carbons (Fsp3) is 0.133. The van der Waals surface area contributed by atoms with Crippen LogP contribution in [-0.4, -0.2) is 13.1 Å². The Bertz CT molecular complexity index is 647. The van der Waals surface area contributed by atoms with Crippen LogP contribution in [0.4, 0.5) is 5.69 Å². The van der Waals surface area contributed by atoms with Gasteiger partial charge in [-0.2, -0.15) is 0 Å². The smallest absolute Gasteiger partial charge is 0.333 e. The Morgan fingerprint density at radius 3 is 2.48 bits per heavy atom. The number of hydrogen-bond donors (Lipinski definition) is 1. The first-order valence-corrected chi connectivity index (χ1v) is 7.61. The number of methoxy groups -OCH3 is 1. The molecule has 0 saturated heterocycles. The number of hydrogen-bond acceptors (Lipinski definition) is 3. The highest BCUT2D eigenvalue weighted by Crippen LogP contribution is 2.30. The normalized spacial score (nSPS) is 11.8. The Morgan fingerprint density at radius 1 is 1.19 bits per heavy atom. The van der Waals surface area contributed by atoms with Crippen LogP contribution in [0.5, 0.6) is 0 Å². The van der Waals surface area contributed by atoms with E-state index in [0.29, 0.717) is 15.6 Å². The van der Waals surface area contributed by atoms with Gasteiger partial charge in [0.2, 0.25) is 0 Å². The van der Waals surface area contributed by atoms with E-state index in [2.05, 4.69) is 21.2 Å². The molecule has 1 atom stereocenters. The maximum atomic E-state index is 12.1. The summed E-state index contributed by atoms with van der Waals surface area (Å²) >= 11 is 15.4. The zero-order valence-electron chi connectivity index (χ0n) is 11.1. The zero-order chi connectivity index (χ0) is 15.4. The number of anilines is 1. The van der Waals surface area contributed by atoms with Crippen LogP contribution in [0.15, 0.2) is 46.9 Å². The summed E-state index contributed by atoms with van der Waals surface area (Å²) in [5, 5.41) is 4.21. The molecule has 2 aromatic carbocycles. The van der Waals surface area contributed by atoms with E-state index in [1.165, 1.54) is 7.11 Å². The lowest BCUT2D eigenvalue weighted by Crippen LogP contribution is -2.22. The summed E-state index contributed by atoms with van der Waals surface area (Å²) in [6.07, 6.45) is 0. The number of nitrogens with one attached hydrogen (secondary N) is 1. The van der Waals surface area contributed by atoms with Crippen LogP contribution >= 0.6 is 39.1 Å². The van der Waals surface area contributed by atoms with Gasteiger partial charge in [-0.25, -0.2) is 4.79 Å². The van der Waals surface area contributed by atoms with Crippen molar-refractivity contribution in [2.45, 2.75) is 6.04 Å². The van der Waals surface area contributed by atoms with Crippen LogP contribution in [0.3, 0.4) is 0 Å². The molecule has 21 heavy (non-hydrogen) atoms. The van der Waals surface area contributed by atoms with Gasteiger partial charge in [0.15, 0.2) is 6.04 Å². The molecule has 0 radical (unpaired) electrons. The third kappa shape index (κ3) is 4.13. The van der Waals surface area contributed by atoms with E-state index in [9.17, 15) is 4.79 Å². The third-order valence-electron chi connectivity index (χ3n) is 2.86. The van der Waals surface area contributed by atoms with Crippen molar-refractivity contribution in [1.29, 1.82) is 0 Å². The summed E-state index contributed by atoms with van der Waals surface area (Å²) in [6, 6.07) is 11.6. The molecule has 0 aliphatic heterocycles. The predicted molar refractivity (Wildman–Crippen MR) is 89.0 cm³/mol. The minimum Gasteiger partial charge on any atom is -0.467 e. The van der Waals surface area contributed by atoms with E-state index in [1.807, 2.05) is 6.07 Å². The molecule has 0 heterocycles. The maximum Gasteiger partial charge on any atom is 0.333 e. The van der Waals surface area contributed by atoms with E-state index < -0.39 is 12.0 Å². The molecule has 1 N–H and O–H groups in total. The fourth-order valence-corrected chi connectivity index (χ4v) is 2.56. The van der Waals surface area contributed by atoms with E-state index in [0.717, 1.165) is 10.2 Å². The first kappa shape index (κ1) is 16.1. The molecule has 0 saturated carbocycles. The highest BCUT2D eigenvalue weighted by molar-refractivity contribution is 9.10. The van der Waals surface area contributed by atoms with Crippen LogP contribution < -0.4 is 5.32 Å². The SMILES string of the molecule is COC(=O)C(Nc1ccc(Cl)cc1)c1cc(Br)ccc1Cl. The molecule has 0 aliphatic carbocycles. The molecule has 0 bridgehead atoms. The Kier molecular flexibility index (Phi) is 5.51. The van der Waals surface area contributed by atoms with E-state index in [-0.39, 0.29) is 0 Å². The number of carbonyl (C=O) groups excluding carboxylic acids is 1. The largest absolute Gasteiger partial charge is 0.467 e. The molecule has 0 spiro atoms. The predicted octanol–water partition coefficient (Wildman–Crippen LogP) is 5.08. The number of esters is 1. The molecule has 0 aromatic heterocycles. The van der Waals surface area contributed by atoms with Crippen molar-refractivity contribution >= 4 is 50.8 Å². The van der Waals surface area contributed by atoms with Gasteiger partial charge in [0.05, 0.1) is 7.11 Å². The second-order valence-electron chi connectivity index (χ2n) is 4.27. The first-order chi connectivity index (χ1) is 10.0. The van der Waals surface area contributed by atoms with Gasteiger partial charge < -0.3 is 10.1 Å². The van der Waals surface area contributed by atoms with Crippen molar-refractivity contribution in [3.63, 3.8) is 0 Å². The Hall–Kier alpha value is -1.23. The number of ether oxygens (including phenoxy) is 1. The summed E-state index contributed by atoms with van der Waals surface area (Å²) < 4.78 is 5.68. The monoisotopic (exact) mass is 387 g/mol. The first-order valence-electron chi connectivity index (χ1n) is 6.06. The van der Waals surface area contributed by atoms with Crippen LogP contribution in [0.2, 0.25) is 10.0 Å². The molecule has 0 aliphatic rings. The summed E-state index contributed by atoms with van der Waals surface area (Å²) in [7, 11) is 1.34. The molecule has 110 valence electrons. The lowest BCUT2D eigenvalue weighted by Gasteiger charge is -2.19. The molecule has 3 nitrogen and oxygen atoms in total. The number of carbonyl (C=O) groups is 1. The average Bonchev–Trinajstić information content (AvgIpc) is 2.48. The van der Waals surface area contributed by atoms with Crippen LogP contribution in [-0.2, 0) is 9.53 Å².